The molecule has 1 aliphatic heterocycles. The Bertz CT molecular complexity index is 681. The summed E-state index contributed by atoms with van der Waals surface area (Å²) in [6.07, 6.45) is 2.82. The van der Waals surface area contributed by atoms with Crippen molar-refractivity contribution in [2.75, 3.05) is 13.2 Å². The molecule has 0 bridgehead atoms. The van der Waals surface area contributed by atoms with E-state index in [1.54, 1.807) is 0 Å². The number of hydrogen-bond acceptors (Lipinski definition) is 4. The molecule has 5 heteroatoms. The van der Waals surface area contributed by atoms with E-state index in [-0.39, 0.29) is 6.10 Å². The summed E-state index contributed by atoms with van der Waals surface area (Å²) < 4.78 is 11.3. The van der Waals surface area contributed by atoms with E-state index in [9.17, 15) is 9.90 Å². The second kappa shape index (κ2) is 9.36. The Hall–Kier alpha value is -2.37. The molecule has 0 radical (unpaired) electrons. The predicted octanol–water partition coefficient (Wildman–Crippen LogP) is 3.03. The van der Waals surface area contributed by atoms with Crippen LogP contribution in [-0.4, -0.2) is 36.4 Å². The molecule has 0 aromatic heterocycles. The van der Waals surface area contributed by atoms with Gasteiger partial charge >= 0.3 is 5.97 Å². The van der Waals surface area contributed by atoms with Gasteiger partial charge in [0.15, 0.2) is 0 Å². The number of benzene rings is 2. The van der Waals surface area contributed by atoms with Crippen LogP contribution in [0.3, 0.4) is 0 Å². The van der Waals surface area contributed by atoms with Gasteiger partial charge in [-0.05, 0) is 42.5 Å². The summed E-state index contributed by atoms with van der Waals surface area (Å²) in [5, 5.41) is 12.6. The second-order valence-corrected chi connectivity index (χ2v) is 6.55. The largest absolute Gasteiger partial charge is 0.491 e. The lowest BCUT2D eigenvalue weighted by atomic mass is 10.1. The van der Waals surface area contributed by atoms with Crippen molar-refractivity contribution in [1.82, 2.24) is 5.32 Å². The van der Waals surface area contributed by atoms with Gasteiger partial charge < -0.3 is 19.9 Å². The molecule has 1 unspecified atom stereocenters. The van der Waals surface area contributed by atoms with Crippen LogP contribution in [0.25, 0.3) is 0 Å². The molecule has 1 fully saturated rings. The minimum absolute atomic E-state index is 0.200. The summed E-state index contributed by atoms with van der Waals surface area (Å²) >= 11 is 0. The number of hydrogen-bond donors (Lipinski definition) is 2. The normalized spacial score (nSPS) is 17.8. The highest BCUT2D eigenvalue weighted by Crippen LogP contribution is 2.16. The molecule has 1 saturated heterocycles. The molecule has 0 spiro atoms. The van der Waals surface area contributed by atoms with Gasteiger partial charge in [-0.3, -0.25) is 4.79 Å². The van der Waals surface area contributed by atoms with Crippen molar-refractivity contribution in [2.45, 2.75) is 38.0 Å². The van der Waals surface area contributed by atoms with Crippen molar-refractivity contribution in [3.63, 3.8) is 0 Å². The maximum absolute atomic E-state index is 11.5. The van der Waals surface area contributed by atoms with Gasteiger partial charge in [-0.1, -0.05) is 42.5 Å². The summed E-state index contributed by atoms with van der Waals surface area (Å²) in [5.74, 6) is -0.0336. The van der Waals surface area contributed by atoms with Crippen LogP contribution in [0.5, 0.6) is 5.75 Å². The fourth-order valence-electron chi connectivity index (χ4n) is 3.01. The van der Waals surface area contributed by atoms with Gasteiger partial charge in [0.05, 0.1) is 6.10 Å². The van der Waals surface area contributed by atoms with Crippen molar-refractivity contribution in [3.05, 3.63) is 65.7 Å². The van der Waals surface area contributed by atoms with Crippen LogP contribution in [0.2, 0.25) is 0 Å². The molecular formula is C21H25NO4. The molecule has 1 heterocycles. The third kappa shape index (κ3) is 5.58. The number of aliphatic carboxylic acids is 1. The molecule has 5 nitrogen and oxygen atoms in total. The molecular weight excluding hydrogens is 330 g/mol. The minimum Gasteiger partial charge on any atom is -0.491 e. The standard InChI is InChI=1S/C21H25NO4/c23-21(24)20(13-16-5-2-1-3-6-16)22-14-17-8-10-18(11-9-17)26-15-19-7-4-12-25-19/h1-3,5-6,8-11,19-20,22H,4,7,12-15H2,(H,23,24)/t19?,20-/m0/s1. The maximum Gasteiger partial charge on any atom is 0.321 e. The molecule has 0 amide bonds. The molecule has 0 aliphatic carbocycles. The smallest absolute Gasteiger partial charge is 0.321 e. The Balaban J connectivity index is 1.48. The second-order valence-electron chi connectivity index (χ2n) is 6.55. The SMILES string of the molecule is O=C(O)[C@H](Cc1ccccc1)NCc1ccc(OCC2CCCO2)cc1. The first kappa shape index (κ1) is 18.4. The van der Waals surface area contributed by atoms with E-state index >= 15 is 0 Å². The lowest BCUT2D eigenvalue weighted by Gasteiger charge is -2.15. The summed E-state index contributed by atoms with van der Waals surface area (Å²) in [6.45, 7) is 1.90. The third-order valence-corrected chi connectivity index (χ3v) is 4.52. The van der Waals surface area contributed by atoms with E-state index in [1.807, 2.05) is 54.6 Å². The Morgan fingerprint density at radius 2 is 1.92 bits per heavy atom. The minimum atomic E-state index is -0.842. The summed E-state index contributed by atoms with van der Waals surface area (Å²) in [5.41, 5.74) is 2.03. The van der Waals surface area contributed by atoms with E-state index in [4.69, 9.17) is 9.47 Å². The molecule has 2 aromatic carbocycles. The Morgan fingerprint density at radius 3 is 2.58 bits per heavy atom. The first-order valence-corrected chi connectivity index (χ1v) is 9.04. The number of carboxylic acids is 1. The van der Waals surface area contributed by atoms with Gasteiger partial charge in [-0.2, -0.15) is 0 Å². The third-order valence-electron chi connectivity index (χ3n) is 4.52. The first-order chi connectivity index (χ1) is 12.7. The number of nitrogens with one attached hydrogen (secondary N) is 1. The van der Waals surface area contributed by atoms with E-state index in [0.29, 0.717) is 19.6 Å². The zero-order chi connectivity index (χ0) is 18.2. The molecule has 2 atom stereocenters. The van der Waals surface area contributed by atoms with Gasteiger partial charge in [-0.25, -0.2) is 0 Å². The zero-order valence-electron chi connectivity index (χ0n) is 14.8. The van der Waals surface area contributed by atoms with Gasteiger partial charge in [-0.15, -0.1) is 0 Å². The number of rotatable bonds is 9. The van der Waals surface area contributed by atoms with E-state index in [1.165, 1.54) is 0 Å². The number of ether oxygens (including phenoxy) is 2. The summed E-state index contributed by atoms with van der Waals surface area (Å²) in [7, 11) is 0. The molecule has 3 rings (SSSR count). The average molecular weight is 355 g/mol. The first-order valence-electron chi connectivity index (χ1n) is 9.04. The van der Waals surface area contributed by atoms with Crippen LogP contribution in [0, 0.1) is 0 Å². The maximum atomic E-state index is 11.5. The molecule has 1 aliphatic rings. The van der Waals surface area contributed by atoms with Crippen LogP contribution in [0.15, 0.2) is 54.6 Å². The number of carbonyl (C=O) groups is 1. The number of carboxylic acid groups (broad SMARTS) is 1. The van der Waals surface area contributed by atoms with Gasteiger partial charge in [0.2, 0.25) is 0 Å². The van der Waals surface area contributed by atoms with Crippen molar-refractivity contribution < 1.29 is 19.4 Å². The zero-order valence-corrected chi connectivity index (χ0v) is 14.8. The predicted molar refractivity (Wildman–Crippen MR) is 99.3 cm³/mol. The highest BCUT2D eigenvalue weighted by Gasteiger charge is 2.17. The molecule has 26 heavy (non-hydrogen) atoms. The molecule has 0 saturated carbocycles. The quantitative estimate of drug-likeness (QED) is 0.724. The van der Waals surface area contributed by atoms with Crippen LogP contribution in [0.1, 0.15) is 24.0 Å². The Kier molecular flexibility index (Phi) is 6.63. The van der Waals surface area contributed by atoms with Crippen molar-refractivity contribution in [1.29, 1.82) is 0 Å². The Labute approximate surface area is 153 Å². The summed E-state index contributed by atoms with van der Waals surface area (Å²) in [6, 6.07) is 16.8. The van der Waals surface area contributed by atoms with Crippen molar-refractivity contribution in [2.24, 2.45) is 0 Å². The topological polar surface area (TPSA) is 67.8 Å². The lowest BCUT2D eigenvalue weighted by Crippen LogP contribution is -2.38. The molecule has 138 valence electrons. The van der Waals surface area contributed by atoms with Crippen molar-refractivity contribution in [3.8, 4) is 5.75 Å². The summed E-state index contributed by atoms with van der Waals surface area (Å²) in [4.78, 5) is 11.5. The monoisotopic (exact) mass is 355 g/mol. The van der Waals surface area contributed by atoms with Gasteiger partial charge in [0.25, 0.3) is 0 Å². The fraction of sp³-hybridized carbons (Fsp3) is 0.381. The fourth-order valence-corrected chi connectivity index (χ4v) is 3.01. The van der Waals surface area contributed by atoms with Gasteiger partial charge in [0.1, 0.15) is 18.4 Å². The highest BCUT2D eigenvalue weighted by atomic mass is 16.5. The van der Waals surface area contributed by atoms with Crippen LogP contribution in [-0.2, 0) is 22.5 Å². The molecule has 2 N–H and O–H groups in total. The van der Waals surface area contributed by atoms with Crippen molar-refractivity contribution >= 4 is 5.97 Å². The Morgan fingerprint density at radius 1 is 1.15 bits per heavy atom. The lowest BCUT2D eigenvalue weighted by molar-refractivity contribution is -0.139. The average Bonchev–Trinajstić information content (AvgIpc) is 3.18. The van der Waals surface area contributed by atoms with Gasteiger partial charge in [0, 0.05) is 13.2 Å². The molecule has 2 aromatic rings. The van der Waals surface area contributed by atoms with E-state index < -0.39 is 12.0 Å². The van der Waals surface area contributed by atoms with Crippen LogP contribution >= 0.6 is 0 Å². The van der Waals surface area contributed by atoms with Crippen LogP contribution < -0.4 is 10.1 Å². The van der Waals surface area contributed by atoms with E-state index in [2.05, 4.69) is 5.32 Å². The van der Waals surface area contributed by atoms with Crippen LogP contribution in [0.4, 0.5) is 0 Å². The highest BCUT2D eigenvalue weighted by molar-refractivity contribution is 5.73. The van der Waals surface area contributed by atoms with E-state index in [0.717, 1.165) is 36.3 Å².